The molecular formula is C22H27N3O4S. The Morgan fingerprint density at radius 2 is 1.80 bits per heavy atom. The Morgan fingerprint density at radius 1 is 1.17 bits per heavy atom. The van der Waals surface area contributed by atoms with Crippen LogP contribution in [0.4, 0.5) is 0 Å². The van der Waals surface area contributed by atoms with E-state index < -0.39 is 17.7 Å². The molecule has 3 rings (SSSR count). The van der Waals surface area contributed by atoms with Gasteiger partial charge in [0, 0.05) is 13.1 Å². The van der Waals surface area contributed by atoms with Gasteiger partial charge in [-0.25, -0.2) is 4.98 Å². The lowest BCUT2D eigenvalue weighted by molar-refractivity contribution is -0.129. The second-order valence-corrected chi connectivity index (χ2v) is 8.46. The van der Waals surface area contributed by atoms with Gasteiger partial charge in [-0.3, -0.25) is 9.59 Å². The Hall–Kier alpha value is -2.71. The molecule has 2 N–H and O–H groups in total. The highest BCUT2D eigenvalue weighted by Crippen LogP contribution is 2.40. The number of ketones is 1. The Bertz CT molecular complexity index is 977. The number of likely N-dealkylation sites (N-methyl/N-ethyl adjacent to an activating group) is 1. The van der Waals surface area contributed by atoms with Gasteiger partial charge in [-0.05, 0) is 44.6 Å². The summed E-state index contributed by atoms with van der Waals surface area (Å²) < 4.78 is 0. The summed E-state index contributed by atoms with van der Waals surface area (Å²) in [6.45, 7) is 10.3. The number of hydrogen-bond donors (Lipinski definition) is 2. The van der Waals surface area contributed by atoms with Crippen LogP contribution in [0.3, 0.4) is 0 Å². The van der Waals surface area contributed by atoms with Crippen LogP contribution in [-0.4, -0.2) is 62.9 Å². The Balaban J connectivity index is 2.04. The number of carbonyl (C=O) groups excluding carboxylic acids is 2. The largest absolute Gasteiger partial charge is 0.508 e. The Morgan fingerprint density at radius 3 is 2.33 bits per heavy atom. The van der Waals surface area contributed by atoms with E-state index >= 15 is 0 Å². The molecule has 1 amide bonds. The van der Waals surface area contributed by atoms with Crippen LogP contribution in [0.25, 0.3) is 0 Å². The third-order valence-corrected chi connectivity index (χ3v) is 6.49. The van der Waals surface area contributed by atoms with Gasteiger partial charge < -0.3 is 20.0 Å². The molecule has 1 aromatic carbocycles. The van der Waals surface area contributed by atoms with Crippen LogP contribution in [-0.2, 0) is 4.79 Å². The van der Waals surface area contributed by atoms with Crippen LogP contribution in [0, 0.1) is 13.8 Å². The number of phenolic OH excluding ortho intramolecular Hbond substituents is 1. The first-order valence-corrected chi connectivity index (χ1v) is 10.8. The first-order valence-electron chi connectivity index (χ1n) is 10.0. The van der Waals surface area contributed by atoms with Gasteiger partial charge in [-0.2, -0.15) is 0 Å². The number of aliphatic hydroxyl groups excluding tert-OH is 1. The van der Waals surface area contributed by atoms with Gasteiger partial charge in [0.2, 0.25) is 5.78 Å². The van der Waals surface area contributed by atoms with E-state index in [4.69, 9.17) is 0 Å². The molecule has 0 spiro atoms. The highest BCUT2D eigenvalue weighted by Gasteiger charge is 2.44. The van der Waals surface area contributed by atoms with Crippen LogP contribution in [0.15, 0.2) is 35.6 Å². The summed E-state index contributed by atoms with van der Waals surface area (Å²) in [6, 6.07) is 5.66. The molecule has 2 aromatic rings. The third kappa shape index (κ3) is 4.11. The molecular weight excluding hydrogens is 402 g/mol. The SMILES string of the molecule is CCN(CC)CCN1C(=O)C(O)=C(C(=O)c2sc(C)nc2C)C1c1ccc(O)cc1. The fourth-order valence-electron chi connectivity index (χ4n) is 3.77. The first-order chi connectivity index (χ1) is 14.3. The van der Waals surface area contributed by atoms with Gasteiger partial charge in [0.15, 0.2) is 5.76 Å². The van der Waals surface area contributed by atoms with Gasteiger partial charge in [0.05, 0.1) is 27.2 Å². The van der Waals surface area contributed by atoms with Gasteiger partial charge in [0.1, 0.15) is 5.75 Å². The number of aromatic hydroxyl groups is 1. The number of hydrogen-bond acceptors (Lipinski definition) is 7. The van der Waals surface area contributed by atoms with E-state index in [1.54, 1.807) is 19.1 Å². The molecule has 30 heavy (non-hydrogen) atoms. The number of carbonyl (C=O) groups is 2. The lowest BCUT2D eigenvalue weighted by Gasteiger charge is -2.29. The van der Waals surface area contributed by atoms with E-state index in [9.17, 15) is 19.8 Å². The van der Waals surface area contributed by atoms with Crippen molar-refractivity contribution in [2.75, 3.05) is 26.2 Å². The van der Waals surface area contributed by atoms with Crippen LogP contribution in [0.5, 0.6) is 5.75 Å². The molecule has 2 heterocycles. The second-order valence-electron chi connectivity index (χ2n) is 7.26. The number of aryl methyl sites for hydroxylation is 2. The van der Waals surface area contributed by atoms with Gasteiger partial charge in [-0.1, -0.05) is 26.0 Å². The average Bonchev–Trinajstić information content (AvgIpc) is 3.19. The number of aromatic nitrogens is 1. The van der Waals surface area contributed by atoms with E-state index in [1.165, 1.54) is 28.4 Å². The van der Waals surface area contributed by atoms with Crippen LogP contribution >= 0.6 is 11.3 Å². The second kappa shape index (κ2) is 8.97. The molecule has 1 aliphatic rings. The van der Waals surface area contributed by atoms with E-state index in [0.717, 1.165) is 18.1 Å². The van der Waals surface area contributed by atoms with E-state index in [-0.39, 0.29) is 17.1 Å². The minimum Gasteiger partial charge on any atom is -0.508 e. The van der Waals surface area contributed by atoms with Crippen molar-refractivity contribution in [3.63, 3.8) is 0 Å². The minimum atomic E-state index is -0.719. The highest BCUT2D eigenvalue weighted by atomic mass is 32.1. The standard InChI is InChI=1S/C22H27N3O4S/c1-5-24(6-2)11-12-25-18(15-7-9-16(26)10-8-15)17(20(28)22(25)29)19(27)21-13(3)23-14(4)30-21/h7-10,18,26,28H,5-6,11-12H2,1-4H3. The number of Topliss-reactive ketones (excluding diaryl/α,β-unsaturated/α-hetero) is 1. The molecule has 0 radical (unpaired) electrons. The molecule has 0 saturated carbocycles. The number of aliphatic hydroxyl groups is 1. The fraction of sp³-hybridized carbons (Fsp3) is 0.409. The third-order valence-electron chi connectivity index (χ3n) is 5.42. The molecule has 0 bridgehead atoms. The zero-order chi connectivity index (χ0) is 22.0. The van der Waals surface area contributed by atoms with Crippen molar-refractivity contribution in [2.24, 2.45) is 0 Å². The quantitative estimate of drug-likeness (QED) is 0.625. The molecule has 1 atom stereocenters. The summed E-state index contributed by atoms with van der Waals surface area (Å²) in [6.07, 6.45) is 0. The number of rotatable bonds is 8. The molecule has 7 nitrogen and oxygen atoms in total. The Labute approximate surface area is 180 Å². The van der Waals surface area contributed by atoms with Crippen molar-refractivity contribution in [1.82, 2.24) is 14.8 Å². The number of thiazole rings is 1. The van der Waals surface area contributed by atoms with Gasteiger partial charge in [0.25, 0.3) is 5.91 Å². The zero-order valence-corrected chi connectivity index (χ0v) is 18.5. The lowest BCUT2D eigenvalue weighted by atomic mass is 9.95. The van der Waals surface area contributed by atoms with E-state index in [2.05, 4.69) is 9.88 Å². The van der Waals surface area contributed by atoms with Crippen molar-refractivity contribution < 1.29 is 19.8 Å². The summed E-state index contributed by atoms with van der Waals surface area (Å²) in [5, 5.41) is 21.1. The fourth-order valence-corrected chi connectivity index (χ4v) is 4.65. The van der Waals surface area contributed by atoms with Crippen LogP contribution in [0.2, 0.25) is 0 Å². The van der Waals surface area contributed by atoms with Crippen molar-refractivity contribution in [3.8, 4) is 5.75 Å². The van der Waals surface area contributed by atoms with Crippen molar-refractivity contribution >= 4 is 23.0 Å². The predicted molar refractivity (Wildman–Crippen MR) is 116 cm³/mol. The molecule has 1 aliphatic heterocycles. The molecule has 8 heteroatoms. The van der Waals surface area contributed by atoms with Crippen molar-refractivity contribution in [1.29, 1.82) is 0 Å². The van der Waals surface area contributed by atoms with Crippen molar-refractivity contribution in [3.05, 3.63) is 56.7 Å². The summed E-state index contributed by atoms with van der Waals surface area (Å²) >= 11 is 1.25. The Kier molecular flexibility index (Phi) is 6.58. The smallest absolute Gasteiger partial charge is 0.290 e. The number of benzene rings is 1. The monoisotopic (exact) mass is 429 g/mol. The van der Waals surface area contributed by atoms with Gasteiger partial charge >= 0.3 is 0 Å². The molecule has 1 aromatic heterocycles. The predicted octanol–water partition coefficient (Wildman–Crippen LogP) is 3.39. The summed E-state index contributed by atoms with van der Waals surface area (Å²) in [5.74, 6) is -1.36. The summed E-state index contributed by atoms with van der Waals surface area (Å²) in [5.41, 5.74) is 1.31. The normalized spacial score (nSPS) is 16.8. The molecule has 0 fully saturated rings. The first kappa shape index (κ1) is 22.0. The maximum atomic E-state index is 13.4. The minimum absolute atomic E-state index is 0.0667. The van der Waals surface area contributed by atoms with Crippen LogP contribution in [0.1, 0.15) is 45.8 Å². The topological polar surface area (TPSA) is 94.0 Å². The maximum Gasteiger partial charge on any atom is 0.290 e. The van der Waals surface area contributed by atoms with E-state index in [1.807, 2.05) is 20.8 Å². The average molecular weight is 430 g/mol. The molecule has 0 saturated heterocycles. The number of nitrogens with zero attached hydrogens (tertiary/aromatic N) is 3. The maximum absolute atomic E-state index is 13.4. The highest BCUT2D eigenvalue weighted by molar-refractivity contribution is 7.14. The summed E-state index contributed by atoms with van der Waals surface area (Å²) in [4.78, 5) is 34.8. The molecule has 160 valence electrons. The lowest BCUT2D eigenvalue weighted by Crippen LogP contribution is -2.38. The number of phenols is 1. The van der Waals surface area contributed by atoms with E-state index in [0.29, 0.717) is 29.2 Å². The van der Waals surface area contributed by atoms with Crippen LogP contribution < -0.4 is 0 Å². The zero-order valence-electron chi connectivity index (χ0n) is 17.7. The van der Waals surface area contributed by atoms with Crippen molar-refractivity contribution in [2.45, 2.75) is 33.7 Å². The summed E-state index contributed by atoms with van der Waals surface area (Å²) in [7, 11) is 0. The van der Waals surface area contributed by atoms with Gasteiger partial charge in [-0.15, -0.1) is 11.3 Å². The molecule has 1 unspecified atom stereocenters. The molecule has 0 aliphatic carbocycles. The number of amides is 1.